The van der Waals surface area contributed by atoms with Crippen molar-refractivity contribution in [2.45, 2.75) is 12.8 Å². The SMILES string of the molecule is CN(N=C1CCNC(=O)C1)c1ccccc1. The van der Waals surface area contributed by atoms with Crippen LogP contribution in [0.25, 0.3) is 0 Å². The molecule has 0 aromatic heterocycles. The Hall–Kier alpha value is -1.84. The second kappa shape index (κ2) is 4.79. The Kier molecular flexibility index (Phi) is 3.19. The van der Waals surface area contributed by atoms with Crippen molar-refractivity contribution in [2.75, 3.05) is 18.6 Å². The Labute approximate surface area is 95.0 Å². The number of rotatable bonds is 2. The quantitative estimate of drug-likeness (QED) is 0.761. The van der Waals surface area contributed by atoms with Crippen LogP contribution in [-0.2, 0) is 4.79 Å². The maximum atomic E-state index is 11.2. The predicted octanol–water partition coefficient (Wildman–Crippen LogP) is 1.39. The van der Waals surface area contributed by atoms with Crippen molar-refractivity contribution in [1.82, 2.24) is 5.32 Å². The van der Waals surface area contributed by atoms with Crippen LogP contribution in [0.5, 0.6) is 0 Å². The highest BCUT2D eigenvalue weighted by molar-refractivity contribution is 6.03. The Morgan fingerprint density at radius 3 is 2.75 bits per heavy atom. The fourth-order valence-electron chi connectivity index (χ4n) is 1.68. The highest BCUT2D eigenvalue weighted by atomic mass is 16.1. The number of benzene rings is 1. The molecular formula is C12H15N3O. The summed E-state index contributed by atoms with van der Waals surface area (Å²) in [5.74, 6) is 0.0615. The van der Waals surface area contributed by atoms with Crippen molar-refractivity contribution in [3.05, 3.63) is 30.3 Å². The number of carbonyl (C=O) groups excluding carboxylic acids is 1. The van der Waals surface area contributed by atoms with Crippen molar-refractivity contribution in [2.24, 2.45) is 5.10 Å². The van der Waals surface area contributed by atoms with Crippen LogP contribution in [-0.4, -0.2) is 25.2 Å². The van der Waals surface area contributed by atoms with Crippen molar-refractivity contribution >= 4 is 17.3 Å². The minimum absolute atomic E-state index is 0.0615. The number of amides is 1. The van der Waals surface area contributed by atoms with Crippen LogP contribution in [0.2, 0.25) is 0 Å². The van der Waals surface area contributed by atoms with E-state index in [-0.39, 0.29) is 5.91 Å². The van der Waals surface area contributed by atoms with Gasteiger partial charge in [0.05, 0.1) is 12.1 Å². The van der Waals surface area contributed by atoms with Gasteiger partial charge in [0.1, 0.15) is 0 Å². The van der Waals surface area contributed by atoms with E-state index in [9.17, 15) is 4.79 Å². The molecule has 1 aromatic rings. The first-order valence-corrected chi connectivity index (χ1v) is 5.37. The number of para-hydroxylation sites is 1. The second-order valence-electron chi connectivity index (χ2n) is 3.80. The molecule has 0 radical (unpaired) electrons. The molecule has 0 bridgehead atoms. The van der Waals surface area contributed by atoms with Gasteiger partial charge in [-0.1, -0.05) is 18.2 Å². The average Bonchev–Trinajstić information content (AvgIpc) is 2.30. The molecule has 1 aromatic carbocycles. The van der Waals surface area contributed by atoms with Crippen molar-refractivity contribution < 1.29 is 4.79 Å². The molecule has 1 saturated heterocycles. The number of nitrogens with zero attached hydrogens (tertiary/aromatic N) is 2. The molecule has 0 aliphatic carbocycles. The molecule has 84 valence electrons. The minimum Gasteiger partial charge on any atom is -0.355 e. The first kappa shape index (κ1) is 10.7. The summed E-state index contributed by atoms with van der Waals surface area (Å²) in [6, 6.07) is 9.90. The molecule has 16 heavy (non-hydrogen) atoms. The van der Waals surface area contributed by atoms with Crippen LogP contribution in [0.15, 0.2) is 35.4 Å². The van der Waals surface area contributed by atoms with E-state index in [1.165, 1.54) is 0 Å². The number of hydrogen-bond acceptors (Lipinski definition) is 3. The van der Waals surface area contributed by atoms with E-state index >= 15 is 0 Å². The molecule has 2 rings (SSSR count). The molecule has 1 fully saturated rings. The van der Waals surface area contributed by atoms with E-state index in [4.69, 9.17) is 0 Å². The zero-order valence-electron chi connectivity index (χ0n) is 9.31. The topological polar surface area (TPSA) is 44.7 Å². The van der Waals surface area contributed by atoms with Crippen LogP contribution >= 0.6 is 0 Å². The summed E-state index contributed by atoms with van der Waals surface area (Å²) >= 11 is 0. The molecule has 0 atom stereocenters. The third kappa shape index (κ3) is 2.59. The summed E-state index contributed by atoms with van der Waals surface area (Å²) in [6.07, 6.45) is 1.25. The molecule has 1 aliphatic heterocycles. The third-order valence-corrected chi connectivity index (χ3v) is 2.52. The molecule has 0 saturated carbocycles. The van der Waals surface area contributed by atoms with Crippen LogP contribution in [0.4, 0.5) is 5.69 Å². The highest BCUT2D eigenvalue weighted by Gasteiger charge is 2.14. The summed E-state index contributed by atoms with van der Waals surface area (Å²) in [6.45, 7) is 0.695. The fourth-order valence-corrected chi connectivity index (χ4v) is 1.68. The van der Waals surface area contributed by atoms with Crippen molar-refractivity contribution in [1.29, 1.82) is 0 Å². The largest absolute Gasteiger partial charge is 0.355 e. The van der Waals surface area contributed by atoms with Crippen LogP contribution in [0, 0.1) is 0 Å². The van der Waals surface area contributed by atoms with E-state index in [0.29, 0.717) is 13.0 Å². The standard InChI is InChI=1S/C12H15N3O/c1-15(11-5-3-2-4-6-11)14-10-7-8-13-12(16)9-10/h2-6H,7-9H2,1H3,(H,13,16). The summed E-state index contributed by atoms with van der Waals surface area (Å²) < 4.78 is 0. The van der Waals surface area contributed by atoms with Crippen LogP contribution < -0.4 is 10.3 Å². The van der Waals surface area contributed by atoms with Crippen molar-refractivity contribution in [3.63, 3.8) is 0 Å². The number of piperidine rings is 1. The zero-order chi connectivity index (χ0) is 11.4. The first-order valence-electron chi connectivity index (χ1n) is 5.37. The third-order valence-electron chi connectivity index (χ3n) is 2.52. The summed E-state index contributed by atoms with van der Waals surface area (Å²) in [7, 11) is 1.90. The van der Waals surface area contributed by atoms with E-state index in [0.717, 1.165) is 17.8 Å². The van der Waals surface area contributed by atoms with Gasteiger partial charge in [0.25, 0.3) is 0 Å². The molecule has 0 spiro atoms. The minimum atomic E-state index is 0.0615. The van der Waals surface area contributed by atoms with E-state index in [2.05, 4.69) is 10.4 Å². The molecule has 0 unspecified atom stereocenters. The van der Waals surface area contributed by atoms with E-state index < -0.39 is 0 Å². The lowest BCUT2D eigenvalue weighted by molar-refractivity contribution is -0.120. The van der Waals surface area contributed by atoms with Gasteiger partial charge in [0.15, 0.2) is 0 Å². The lowest BCUT2D eigenvalue weighted by Gasteiger charge is -2.18. The lowest BCUT2D eigenvalue weighted by atomic mass is 10.1. The lowest BCUT2D eigenvalue weighted by Crippen LogP contribution is -2.34. The highest BCUT2D eigenvalue weighted by Crippen LogP contribution is 2.12. The number of hydrogen-bond donors (Lipinski definition) is 1. The van der Waals surface area contributed by atoms with Crippen LogP contribution in [0.1, 0.15) is 12.8 Å². The average molecular weight is 217 g/mol. The van der Waals surface area contributed by atoms with Gasteiger partial charge >= 0.3 is 0 Å². The van der Waals surface area contributed by atoms with Gasteiger partial charge in [0, 0.05) is 25.7 Å². The van der Waals surface area contributed by atoms with E-state index in [1.54, 1.807) is 0 Å². The second-order valence-corrected chi connectivity index (χ2v) is 3.80. The van der Waals surface area contributed by atoms with Gasteiger partial charge in [-0.3, -0.25) is 9.80 Å². The number of carbonyl (C=O) groups is 1. The molecule has 1 amide bonds. The Morgan fingerprint density at radius 1 is 1.31 bits per heavy atom. The Morgan fingerprint density at radius 2 is 2.06 bits per heavy atom. The molecular weight excluding hydrogens is 202 g/mol. The molecule has 1 aliphatic rings. The van der Waals surface area contributed by atoms with Gasteiger partial charge in [-0.2, -0.15) is 5.10 Å². The molecule has 1 heterocycles. The first-order chi connectivity index (χ1) is 7.75. The maximum absolute atomic E-state index is 11.2. The smallest absolute Gasteiger partial charge is 0.225 e. The number of nitrogens with one attached hydrogen (secondary N) is 1. The number of anilines is 1. The predicted molar refractivity (Wildman–Crippen MR) is 64.5 cm³/mol. The maximum Gasteiger partial charge on any atom is 0.225 e. The Balaban J connectivity index is 2.08. The van der Waals surface area contributed by atoms with E-state index in [1.807, 2.05) is 42.4 Å². The summed E-state index contributed by atoms with van der Waals surface area (Å²) in [5, 5.41) is 9.05. The van der Waals surface area contributed by atoms with Gasteiger partial charge in [-0.25, -0.2) is 0 Å². The molecule has 1 N–H and O–H groups in total. The molecule has 4 nitrogen and oxygen atoms in total. The molecule has 4 heteroatoms. The summed E-state index contributed by atoms with van der Waals surface area (Å²) in [5.41, 5.74) is 1.97. The normalized spacial score (nSPS) is 18.3. The van der Waals surface area contributed by atoms with Gasteiger partial charge in [-0.15, -0.1) is 0 Å². The fraction of sp³-hybridized carbons (Fsp3) is 0.333. The van der Waals surface area contributed by atoms with Gasteiger partial charge in [-0.05, 0) is 12.1 Å². The van der Waals surface area contributed by atoms with Gasteiger partial charge < -0.3 is 5.32 Å². The summed E-state index contributed by atoms with van der Waals surface area (Å²) in [4.78, 5) is 11.2. The zero-order valence-corrected chi connectivity index (χ0v) is 9.31. The van der Waals surface area contributed by atoms with Crippen LogP contribution in [0.3, 0.4) is 0 Å². The van der Waals surface area contributed by atoms with Gasteiger partial charge in [0.2, 0.25) is 5.91 Å². The number of hydrazone groups is 1. The monoisotopic (exact) mass is 217 g/mol. The van der Waals surface area contributed by atoms with Crippen molar-refractivity contribution in [3.8, 4) is 0 Å². The Bertz CT molecular complexity index is 400.